The Bertz CT molecular complexity index is 863. The van der Waals surface area contributed by atoms with E-state index in [2.05, 4.69) is 35.2 Å². The van der Waals surface area contributed by atoms with Gasteiger partial charge in [0.1, 0.15) is 12.4 Å². The molecular weight excluding hydrogens is 340 g/mol. The molecule has 0 aliphatic carbocycles. The number of hydrogen-bond acceptors (Lipinski definition) is 6. The van der Waals surface area contributed by atoms with E-state index in [-0.39, 0.29) is 4.90 Å². The zero-order valence-electron chi connectivity index (χ0n) is 14.4. The third-order valence-electron chi connectivity index (χ3n) is 4.56. The summed E-state index contributed by atoms with van der Waals surface area (Å²) in [6.45, 7) is 6.56. The zero-order valence-corrected chi connectivity index (χ0v) is 15.2. The Morgan fingerprint density at radius 2 is 1.80 bits per heavy atom. The van der Waals surface area contributed by atoms with Crippen molar-refractivity contribution in [2.75, 3.05) is 24.6 Å². The molecule has 0 saturated carbocycles. The normalized spacial score (nSPS) is 13.8. The maximum Gasteiger partial charge on any atom is 0.312 e. The average molecular weight is 362 g/mol. The largest absolute Gasteiger partial charge is 0.492 e. The Kier molecular flexibility index (Phi) is 4.99. The monoisotopic (exact) mass is 362 g/mol. The lowest BCUT2D eigenvalue weighted by Crippen LogP contribution is -2.26. The van der Waals surface area contributed by atoms with Crippen LogP contribution in [0.4, 0.5) is 5.69 Å². The molecule has 0 aromatic heterocycles. The quantitative estimate of drug-likeness (QED) is 0.794. The molecular formula is C18H22N2O4S. The minimum Gasteiger partial charge on any atom is -0.492 e. The highest BCUT2D eigenvalue weighted by atomic mass is 32.2. The molecule has 2 aromatic carbocycles. The molecule has 1 aliphatic heterocycles. The molecule has 0 atom stereocenters. The molecule has 0 saturated heterocycles. The summed E-state index contributed by atoms with van der Waals surface area (Å²) in [5.74, 6) is 5.37. The van der Waals surface area contributed by atoms with Crippen molar-refractivity contribution in [3.63, 3.8) is 0 Å². The van der Waals surface area contributed by atoms with E-state index in [1.54, 1.807) is 12.1 Å². The van der Waals surface area contributed by atoms with Gasteiger partial charge >= 0.3 is 10.1 Å². The van der Waals surface area contributed by atoms with E-state index >= 15 is 0 Å². The van der Waals surface area contributed by atoms with Gasteiger partial charge in [-0.1, -0.05) is 6.07 Å². The highest BCUT2D eigenvalue weighted by Crippen LogP contribution is 2.30. The van der Waals surface area contributed by atoms with Crippen LogP contribution in [0.5, 0.6) is 5.75 Å². The Morgan fingerprint density at radius 3 is 2.48 bits per heavy atom. The van der Waals surface area contributed by atoms with Crippen molar-refractivity contribution in [2.24, 2.45) is 5.90 Å². The SMILES string of the molecule is Cc1cc2c(cc1C)N(CCOc1ccc(S(=O)(=O)ON)cc1)CC2. The third kappa shape index (κ3) is 3.78. The number of hydrogen-bond donors (Lipinski definition) is 1. The van der Waals surface area contributed by atoms with Crippen LogP contribution in [-0.2, 0) is 20.8 Å². The molecule has 0 spiro atoms. The number of aryl methyl sites for hydroxylation is 2. The van der Waals surface area contributed by atoms with E-state index in [9.17, 15) is 8.42 Å². The zero-order chi connectivity index (χ0) is 18.0. The molecule has 134 valence electrons. The third-order valence-corrected chi connectivity index (χ3v) is 5.66. The summed E-state index contributed by atoms with van der Waals surface area (Å²) in [6, 6.07) is 10.5. The number of benzene rings is 2. The minimum absolute atomic E-state index is 0.00154. The van der Waals surface area contributed by atoms with Crippen molar-refractivity contribution in [1.29, 1.82) is 0 Å². The van der Waals surface area contributed by atoms with Crippen LogP contribution in [0.1, 0.15) is 16.7 Å². The molecule has 3 rings (SSSR count). The van der Waals surface area contributed by atoms with Crippen molar-refractivity contribution in [2.45, 2.75) is 25.2 Å². The number of ether oxygens (including phenoxy) is 1. The molecule has 25 heavy (non-hydrogen) atoms. The second-order valence-corrected chi connectivity index (χ2v) is 7.74. The number of nitrogens with two attached hydrogens (primary N) is 1. The van der Waals surface area contributed by atoms with Crippen LogP contribution in [0, 0.1) is 13.8 Å². The van der Waals surface area contributed by atoms with E-state index in [4.69, 9.17) is 10.6 Å². The molecule has 0 amide bonds. The van der Waals surface area contributed by atoms with Crippen molar-refractivity contribution in [3.05, 3.63) is 53.1 Å². The van der Waals surface area contributed by atoms with Gasteiger partial charge in [0, 0.05) is 12.2 Å². The lowest BCUT2D eigenvalue weighted by atomic mass is 10.0. The maximum atomic E-state index is 11.5. The standard InChI is InChI=1S/C18H22N2O4S/c1-13-11-15-7-8-20(18(15)12-14(13)2)9-10-23-16-3-5-17(6-4-16)25(21,22)24-19/h3-6,11-12H,7-10,19H2,1-2H3. The number of fused-ring (bicyclic) bond motifs is 1. The molecule has 0 bridgehead atoms. The topological polar surface area (TPSA) is 81.9 Å². The minimum atomic E-state index is -3.88. The van der Waals surface area contributed by atoms with Gasteiger partial charge in [-0.05, 0) is 67.3 Å². The van der Waals surface area contributed by atoms with Crippen LogP contribution in [-0.4, -0.2) is 28.1 Å². The highest BCUT2D eigenvalue weighted by molar-refractivity contribution is 7.86. The molecule has 7 heteroatoms. The first-order valence-corrected chi connectivity index (χ1v) is 9.53. The number of nitrogens with zero attached hydrogens (tertiary/aromatic N) is 1. The van der Waals surface area contributed by atoms with Gasteiger partial charge in [0.25, 0.3) is 0 Å². The van der Waals surface area contributed by atoms with E-state index in [0.717, 1.165) is 19.5 Å². The molecule has 1 aliphatic rings. The van der Waals surface area contributed by atoms with Gasteiger partial charge in [-0.25, -0.2) is 0 Å². The highest BCUT2D eigenvalue weighted by Gasteiger charge is 2.19. The molecule has 6 nitrogen and oxygen atoms in total. The van der Waals surface area contributed by atoms with Gasteiger partial charge in [0.15, 0.2) is 0 Å². The first-order chi connectivity index (χ1) is 11.9. The molecule has 1 heterocycles. The molecule has 2 N–H and O–H groups in total. The summed E-state index contributed by atoms with van der Waals surface area (Å²) >= 11 is 0. The van der Waals surface area contributed by atoms with Crippen LogP contribution in [0.25, 0.3) is 0 Å². The number of rotatable bonds is 6. The summed E-state index contributed by atoms with van der Waals surface area (Å²) in [5.41, 5.74) is 5.30. The van der Waals surface area contributed by atoms with E-state index < -0.39 is 10.1 Å². The maximum absolute atomic E-state index is 11.5. The first-order valence-electron chi connectivity index (χ1n) is 8.12. The summed E-state index contributed by atoms with van der Waals surface area (Å²) < 4.78 is 32.7. The van der Waals surface area contributed by atoms with Crippen LogP contribution in [0.3, 0.4) is 0 Å². The fourth-order valence-electron chi connectivity index (χ4n) is 3.00. The van der Waals surface area contributed by atoms with Crippen molar-refractivity contribution in [3.8, 4) is 5.75 Å². The van der Waals surface area contributed by atoms with E-state index in [0.29, 0.717) is 12.4 Å². The van der Waals surface area contributed by atoms with Crippen molar-refractivity contribution < 1.29 is 17.4 Å². The van der Waals surface area contributed by atoms with Gasteiger partial charge in [0.2, 0.25) is 0 Å². The Balaban J connectivity index is 1.59. The Labute approximate surface area is 148 Å². The average Bonchev–Trinajstić information content (AvgIpc) is 2.98. The second kappa shape index (κ2) is 7.03. The Hall–Kier alpha value is -2.09. The van der Waals surface area contributed by atoms with E-state index in [1.807, 2.05) is 0 Å². The smallest absolute Gasteiger partial charge is 0.312 e. The van der Waals surface area contributed by atoms with Gasteiger partial charge in [-0.3, -0.25) is 0 Å². The van der Waals surface area contributed by atoms with Gasteiger partial charge in [-0.2, -0.15) is 18.6 Å². The van der Waals surface area contributed by atoms with Crippen LogP contribution < -0.4 is 15.5 Å². The summed E-state index contributed by atoms with van der Waals surface area (Å²) in [5, 5.41) is 0. The number of anilines is 1. The predicted octanol–water partition coefficient (Wildman–Crippen LogP) is 2.32. The van der Waals surface area contributed by atoms with E-state index in [1.165, 1.54) is 34.5 Å². The fourth-order valence-corrected chi connectivity index (χ4v) is 3.58. The molecule has 0 radical (unpaired) electrons. The molecule has 2 aromatic rings. The van der Waals surface area contributed by atoms with Gasteiger partial charge < -0.3 is 9.64 Å². The molecule has 0 fully saturated rings. The lowest BCUT2D eigenvalue weighted by Gasteiger charge is -2.20. The van der Waals surface area contributed by atoms with Gasteiger partial charge in [-0.15, -0.1) is 0 Å². The fraction of sp³-hybridized carbons (Fsp3) is 0.333. The van der Waals surface area contributed by atoms with Crippen LogP contribution in [0.15, 0.2) is 41.3 Å². The molecule has 0 unspecified atom stereocenters. The lowest BCUT2D eigenvalue weighted by molar-refractivity contribution is 0.323. The second-order valence-electron chi connectivity index (χ2n) is 6.17. The van der Waals surface area contributed by atoms with Crippen LogP contribution >= 0.6 is 0 Å². The van der Waals surface area contributed by atoms with Crippen molar-refractivity contribution >= 4 is 15.8 Å². The summed E-state index contributed by atoms with van der Waals surface area (Å²) in [7, 11) is -3.88. The first kappa shape index (κ1) is 17.7. The van der Waals surface area contributed by atoms with Crippen molar-refractivity contribution in [1.82, 2.24) is 0 Å². The Morgan fingerprint density at radius 1 is 1.12 bits per heavy atom. The summed E-state index contributed by atoms with van der Waals surface area (Å²) in [4.78, 5) is 2.32. The van der Waals surface area contributed by atoms with Crippen LogP contribution in [0.2, 0.25) is 0 Å². The summed E-state index contributed by atoms with van der Waals surface area (Å²) in [6.07, 6.45) is 1.06. The van der Waals surface area contributed by atoms with Gasteiger partial charge in [0.05, 0.1) is 11.4 Å². The predicted molar refractivity (Wildman–Crippen MR) is 96.2 cm³/mol.